The minimum Gasteiger partial charge on any atom is -0.308 e. The normalized spacial score (nSPS) is 9.75. The molecular formula is C9H11NO2. The summed E-state index contributed by atoms with van der Waals surface area (Å²) < 4.78 is 1.41. The highest BCUT2D eigenvalue weighted by atomic mass is 16.1. The molecule has 64 valence electrons. The van der Waals surface area contributed by atoms with Crippen LogP contribution >= 0.6 is 0 Å². The van der Waals surface area contributed by atoms with E-state index in [-0.39, 0.29) is 17.9 Å². The van der Waals surface area contributed by atoms with Crippen molar-refractivity contribution < 1.29 is 4.79 Å². The molecule has 0 radical (unpaired) electrons. The predicted molar refractivity (Wildman–Crippen MR) is 46.0 cm³/mol. The van der Waals surface area contributed by atoms with Crippen LogP contribution in [0.2, 0.25) is 0 Å². The van der Waals surface area contributed by atoms with Gasteiger partial charge in [0.25, 0.3) is 5.56 Å². The second-order valence-electron chi connectivity index (χ2n) is 2.56. The first-order valence-corrected chi connectivity index (χ1v) is 3.91. The van der Waals surface area contributed by atoms with Crippen LogP contribution in [-0.2, 0) is 11.3 Å². The Morgan fingerprint density at radius 3 is 2.83 bits per heavy atom. The molecule has 1 rings (SSSR count). The number of hydrogen-bond acceptors (Lipinski definition) is 2. The average molecular weight is 165 g/mol. The van der Waals surface area contributed by atoms with Crippen LogP contribution in [0, 0.1) is 0 Å². The van der Waals surface area contributed by atoms with Crippen molar-refractivity contribution in [1.29, 1.82) is 0 Å². The SMILES string of the molecule is CCC(=O)Cn1ccccc1=O. The summed E-state index contributed by atoms with van der Waals surface area (Å²) in [7, 11) is 0. The first-order valence-electron chi connectivity index (χ1n) is 3.91. The zero-order valence-electron chi connectivity index (χ0n) is 6.99. The van der Waals surface area contributed by atoms with Crippen molar-refractivity contribution in [2.75, 3.05) is 0 Å². The summed E-state index contributed by atoms with van der Waals surface area (Å²) >= 11 is 0. The van der Waals surface area contributed by atoms with E-state index in [9.17, 15) is 9.59 Å². The lowest BCUT2D eigenvalue weighted by molar-refractivity contribution is -0.119. The van der Waals surface area contributed by atoms with Crippen LogP contribution in [0.15, 0.2) is 29.2 Å². The molecule has 3 heteroatoms. The predicted octanol–water partition coefficient (Wildman–Crippen LogP) is 0.827. The first-order chi connectivity index (χ1) is 5.74. The van der Waals surface area contributed by atoms with Crippen molar-refractivity contribution in [2.24, 2.45) is 0 Å². The molecule has 12 heavy (non-hydrogen) atoms. The lowest BCUT2D eigenvalue weighted by atomic mass is 10.3. The van der Waals surface area contributed by atoms with Gasteiger partial charge in [0.1, 0.15) is 0 Å². The Morgan fingerprint density at radius 2 is 2.25 bits per heavy atom. The van der Waals surface area contributed by atoms with E-state index in [0.717, 1.165) is 0 Å². The molecule has 1 aromatic heterocycles. The molecule has 0 atom stereocenters. The fraction of sp³-hybridized carbons (Fsp3) is 0.333. The van der Waals surface area contributed by atoms with E-state index in [1.54, 1.807) is 25.3 Å². The van der Waals surface area contributed by atoms with Crippen LogP contribution in [0.5, 0.6) is 0 Å². The van der Waals surface area contributed by atoms with Crippen molar-refractivity contribution >= 4 is 5.78 Å². The number of carbonyl (C=O) groups excluding carboxylic acids is 1. The highest BCUT2D eigenvalue weighted by Crippen LogP contribution is 1.86. The van der Waals surface area contributed by atoms with Crippen LogP contribution < -0.4 is 5.56 Å². The van der Waals surface area contributed by atoms with Gasteiger partial charge in [0.05, 0.1) is 6.54 Å². The number of carbonyl (C=O) groups is 1. The van der Waals surface area contributed by atoms with Crippen molar-refractivity contribution in [3.63, 3.8) is 0 Å². The maximum atomic E-state index is 11.1. The number of aromatic nitrogens is 1. The van der Waals surface area contributed by atoms with Crippen LogP contribution in [0.25, 0.3) is 0 Å². The number of pyridine rings is 1. The van der Waals surface area contributed by atoms with Gasteiger partial charge in [-0.05, 0) is 6.07 Å². The fourth-order valence-corrected chi connectivity index (χ4v) is 0.893. The van der Waals surface area contributed by atoms with Crippen LogP contribution in [0.3, 0.4) is 0 Å². The summed E-state index contributed by atoms with van der Waals surface area (Å²) in [6.07, 6.45) is 2.09. The molecule has 3 nitrogen and oxygen atoms in total. The maximum Gasteiger partial charge on any atom is 0.250 e. The summed E-state index contributed by atoms with van der Waals surface area (Å²) in [5.74, 6) is 0.0725. The van der Waals surface area contributed by atoms with Gasteiger partial charge in [-0.1, -0.05) is 13.0 Å². The summed E-state index contributed by atoms with van der Waals surface area (Å²) in [5, 5.41) is 0. The van der Waals surface area contributed by atoms with Crippen LogP contribution in [-0.4, -0.2) is 10.4 Å². The van der Waals surface area contributed by atoms with E-state index < -0.39 is 0 Å². The Morgan fingerprint density at radius 1 is 1.50 bits per heavy atom. The van der Waals surface area contributed by atoms with Crippen molar-refractivity contribution in [2.45, 2.75) is 19.9 Å². The Bertz CT molecular complexity index is 327. The number of Topliss-reactive ketones (excluding diaryl/α,β-unsaturated/α-hetero) is 1. The number of rotatable bonds is 3. The lowest BCUT2D eigenvalue weighted by Crippen LogP contribution is -2.21. The maximum absolute atomic E-state index is 11.1. The monoisotopic (exact) mass is 165 g/mol. The Balaban J connectivity index is 2.83. The molecule has 0 fully saturated rings. The molecule has 0 saturated carbocycles. The highest BCUT2D eigenvalue weighted by Gasteiger charge is 1.99. The van der Waals surface area contributed by atoms with E-state index in [4.69, 9.17) is 0 Å². The third kappa shape index (κ3) is 2.05. The van der Waals surface area contributed by atoms with Gasteiger partial charge in [0.2, 0.25) is 0 Å². The van der Waals surface area contributed by atoms with Crippen molar-refractivity contribution in [1.82, 2.24) is 4.57 Å². The van der Waals surface area contributed by atoms with Crippen molar-refractivity contribution in [3.8, 4) is 0 Å². The van der Waals surface area contributed by atoms with Crippen LogP contribution in [0.4, 0.5) is 0 Å². The molecule has 0 saturated heterocycles. The number of ketones is 1. The number of nitrogens with zero attached hydrogens (tertiary/aromatic N) is 1. The largest absolute Gasteiger partial charge is 0.308 e. The second kappa shape index (κ2) is 3.85. The molecule has 0 unspecified atom stereocenters. The molecule has 0 aliphatic rings. The van der Waals surface area contributed by atoms with Gasteiger partial charge in [-0.3, -0.25) is 9.59 Å². The van der Waals surface area contributed by atoms with Gasteiger partial charge >= 0.3 is 0 Å². The molecule has 0 aromatic carbocycles. The third-order valence-electron chi connectivity index (χ3n) is 1.64. The summed E-state index contributed by atoms with van der Waals surface area (Å²) in [4.78, 5) is 22.1. The molecule has 0 spiro atoms. The van der Waals surface area contributed by atoms with Gasteiger partial charge in [-0.15, -0.1) is 0 Å². The van der Waals surface area contributed by atoms with E-state index >= 15 is 0 Å². The van der Waals surface area contributed by atoms with E-state index in [1.165, 1.54) is 10.6 Å². The zero-order valence-corrected chi connectivity index (χ0v) is 6.99. The van der Waals surface area contributed by atoms with E-state index in [2.05, 4.69) is 0 Å². The molecular weight excluding hydrogens is 154 g/mol. The minimum absolute atomic E-state index is 0.0725. The van der Waals surface area contributed by atoms with Gasteiger partial charge in [-0.2, -0.15) is 0 Å². The minimum atomic E-state index is -0.126. The van der Waals surface area contributed by atoms with E-state index in [1.807, 2.05) is 0 Å². The van der Waals surface area contributed by atoms with Gasteiger partial charge in [0, 0.05) is 18.7 Å². The zero-order chi connectivity index (χ0) is 8.97. The first kappa shape index (κ1) is 8.71. The van der Waals surface area contributed by atoms with Crippen LogP contribution in [0.1, 0.15) is 13.3 Å². The number of hydrogen-bond donors (Lipinski definition) is 0. The summed E-state index contributed by atoms with van der Waals surface area (Å²) in [6.45, 7) is 1.98. The Labute approximate surface area is 70.6 Å². The Hall–Kier alpha value is -1.38. The topological polar surface area (TPSA) is 39.1 Å². The molecule has 1 heterocycles. The van der Waals surface area contributed by atoms with E-state index in [0.29, 0.717) is 6.42 Å². The molecule has 0 N–H and O–H groups in total. The lowest BCUT2D eigenvalue weighted by Gasteiger charge is -2.01. The fourth-order valence-electron chi connectivity index (χ4n) is 0.893. The molecule has 1 aromatic rings. The second-order valence-corrected chi connectivity index (χ2v) is 2.56. The molecule has 0 bridgehead atoms. The molecule has 0 amide bonds. The molecule has 0 aliphatic carbocycles. The van der Waals surface area contributed by atoms with Gasteiger partial charge in [-0.25, -0.2) is 0 Å². The molecule has 0 aliphatic heterocycles. The summed E-state index contributed by atoms with van der Waals surface area (Å²) in [5.41, 5.74) is -0.126. The third-order valence-corrected chi connectivity index (χ3v) is 1.64. The standard InChI is InChI=1S/C9H11NO2/c1-2-8(11)7-10-6-4-3-5-9(10)12/h3-6H,2,7H2,1H3. The smallest absolute Gasteiger partial charge is 0.250 e. The summed E-state index contributed by atoms with van der Waals surface area (Å²) in [6, 6.07) is 4.85. The quantitative estimate of drug-likeness (QED) is 0.665. The van der Waals surface area contributed by atoms with Gasteiger partial charge < -0.3 is 4.57 Å². The average Bonchev–Trinajstić information content (AvgIpc) is 2.09. The van der Waals surface area contributed by atoms with Crippen molar-refractivity contribution in [3.05, 3.63) is 34.7 Å². The highest BCUT2D eigenvalue weighted by molar-refractivity contribution is 5.77. The Kier molecular flexibility index (Phi) is 2.80. The van der Waals surface area contributed by atoms with Gasteiger partial charge in [0.15, 0.2) is 5.78 Å².